The first-order valence-electron chi connectivity index (χ1n) is 11.0. The van der Waals surface area contributed by atoms with Crippen LogP contribution in [0.1, 0.15) is 19.8 Å². The number of hydrogen-bond acceptors (Lipinski definition) is 5. The van der Waals surface area contributed by atoms with Gasteiger partial charge in [0.25, 0.3) is 0 Å². The van der Waals surface area contributed by atoms with Crippen LogP contribution >= 0.6 is 0 Å². The van der Waals surface area contributed by atoms with E-state index in [4.69, 9.17) is 9.47 Å². The van der Waals surface area contributed by atoms with Crippen molar-refractivity contribution in [2.24, 2.45) is 0 Å². The molecule has 0 saturated carbocycles. The quantitative estimate of drug-likeness (QED) is 0.659. The second-order valence-corrected chi connectivity index (χ2v) is 7.82. The predicted molar refractivity (Wildman–Crippen MR) is 120 cm³/mol. The van der Waals surface area contributed by atoms with Crippen LogP contribution in [0.4, 0.5) is 16.2 Å². The van der Waals surface area contributed by atoms with Crippen LogP contribution in [0.3, 0.4) is 0 Å². The van der Waals surface area contributed by atoms with Crippen molar-refractivity contribution in [1.82, 2.24) is 4.90 Å². The number of benzene rings is 2. The summed E-state index contributed by atoms with van der Waals surface area (Å²) in [5.41, 5.74) is 2.10. The van der Waals surface area contributed by atoms with Crippen LogP contribution in [0.2, 0.25) is 0 Å². The largest absolute Gasteiger partial charge is 0.492 e. The van der Waals surface area contributed by atoms with Crippen molar-refractivity contribution < 1.29 is 14.3 Å². The maximum atomic E-state index is 12.2. The summed E-state index contributed by atoms with van der Waals surface area (Å²) >= 11 is 0. The maximum absolute atomic E-state index is 12.2. The Labute approximate surface area is 179 Å². The number of nitrogens with zero attached hydrogens (tertiary/aromatic N) is 3. The van der Waals surface area contributed by atoms with Crippen LogP contribution in [0, 0.1) is 0 Å². The molecule has 2 saturated heterocycles. The van der Waals surface area contributed by atoms with Gasteiger partial charge in [0.1, 0.15) is 11.9 Å². The van der Waals surface area contributed by atoms with Crippen LogP contribution in [-0.4, -0.2) is 63.0 Å². The predicted octanol–water partition coefficient (Wildman–Crippen LogP) is 4.01. The molecule has 0 N–H and O–H groups in total. The first-order valence-corrected chi connectivity index (χ1v) is 11.0. The number of piperazine rings is 1. The standard InChI is InChI=1S/C24H31N3O3/c1-2-29-23-13-7-6-12-22(23)26-17-15-25(16-18-26)14-8-11-21-19-27(24(28)30-21)20-9-4-3-5-10-20/h3-7,9-10,12-13,21H,2,8,11,14-19H2,1H3. The number of cyclic esters (lactones) is 1. The first kappa shape index (κ1) is 20.5. The van der Waals surface area contributed by atoms with E-state index in [0.29, 0.717) is 13.2 Å². The van der Waals surface area contributed by atoms with E-state index in [0.717, 1.165) is 57.0 Å². The molecular weight excluding hydrogens is 378 g/mol. The molecule has 0 radical (unpaired) electrons. The van der Waals surface area contributed by atoms with Crippen LogP contribution in [0.25, 0.3) is 0 Å². The van der Waals surface area contributed by atoms with Crippen molar-refractivity contribution in [1.29, 1.82) is 0 Å². The molecule has 0 bridgehead atoms. The van der Waals surface area contributed by atoms with E-state index in [9.17, 15) is 4.79 Å². The number of rotatable bonds is 8. The molecular formula is C24H31N3O3. The molecule has 0 aromatic heterocycles. The van der Waals surface area contributed by atoms with Crippen molar-refractivity contribution in [3.05, 3.63) is 54.6 Å². The van der Waals surface area contributed by atoms with Gasteiger partial charge in [-0.25, -0.2) is 4.79 Å². The minimum atomic E-state index is -0.229. The number of carbonyl (C=O) groups is 1. The lowest BCUT2D eigenvalue weighted by Gasteiger charge is -2.36. The lowest BCUT2D eigenvalue weighted by Crippen LogP contribution is -2.46. The van der Waals surface area contributed by atoms with E-state index in [1.54, 1.807) is 4.90 Å². The third-order valence-corrected chi connectivity index (χ3v) is 5.82. The van der Waals surface area contributed by atoms with E-state index in [1.807, 2.05) is 49.4 Å². The Morgan fingerprint density at radius 2 is 1.73 bits per heavy atom. The Morgan fingerprint density at radius 3 is 2.50 bits per heavy atom. The molecule has 30 heavy (non-hydrogen) atoms. The monoisotopic (exact) mass is 409 g/mol. The fourth-order valence-corrected chi connectivity index (χ4v) is 4.24. The summed E-state index contributed by atoms with van der Waals surface area (Å²) in [4.78, 5) is 18.8. The van der Waals surface area contributed by atoms with Crippen molar-refractivity contribution in [3.63, 3.8) is 0 Å². The molecule has 2 fully saturated rings. The summed E-state index contributed by atoms with van der Waals surface area (Å²) in [5.74, 6) is 0.972. The minimum absolute atomic E-state index is 0.0166. The Bertz CT molecular complexity index is 821. The SMILES string of the molecule is CCOc1ccccc1N1CCN(CCCC2CN(c3ccccc3)C(=O)O2)CC1. The Balaban J connectivity index is 1.20. The molecule has 0 spiro atoms. The van der Waals surface area contributed by atoms with E-state index < -0.39 is 0 Å². The van der Waals surface area contributed by atoms with Gasteiger partial charge in [0.15, 0.2) is 0 Å². The summed E-state index contributed by atoms with van der Waals surface area (Å²) in [5, 5.41) is 0. The third-order valence-electron chi connectivity index (χ3n) is 5.82. The number of ether oxygens (including phenoxy) is 2. The van der Waals surface area contributed by atoms with E-state index in [2.05, 4.69) is 21.9 Å². The molecule has 2 heterocycles. The van der Waals surface area contributed by atoms with Crippen LogP contribution in [0.15, 0.2) is 54.6 Å². The van der Waals surface area contributed by atoms with Crippen LogP contribution in [0.5, 0.6) is 5.75 Å². The number of para-hydroxylation sites is 3. The molecule has 160 valence electrons. The number of carbonyl (C=O) groups excluding carboxylic acids is 1. The second-order valence-electron chi connectivity index (χ2n) is 7.82. The normalized spacial score (nSPS) is 19.8. The summed E-state index contributed by atoms with van der Waals surface area (Å²) in [7, 11) is 0. The van der Waals surface area contributed by atoms with E-state index >= 15 is 0 Å². The lowest BCUT2D eigenvalue weighted by molar-refractivity contribution is 0.131. The van der Waals surface area contributed by atoms with Gasteiger partial charge in [-0.05, 0) is 50.6 Å². The van der Waals surface area contributed by atoms with Crippen LogP contribution < -0.4 is 14.5 Å². The first-order chi connectivity index (χ1) is 14.7. The van der Waals surface area contributed by atoms with Crippen molar-refractivity contribution >= 4 is 17.5 Å². The van der Waals surface area contributed by atoms with E-state index in [1.165, 1.54) is 5.69 Å². The molecule has 1 atom stereocenters. The zero-order valence-electron chi connectivity index (χ0n) is 17.7. The summed E-state index contributed by atoms with van der Waals surface area (Å²) in [6.45, 7) is 8.49. The number of hydrogen-bond donors (Lipinski definition) is 0. The molecule has 4 rings (SSSR count). The Hall–Kier alpha value is -2.73. The van der Waals surface area contributed by atoms with Gasteiger partial charge in [-0.3, -0.25) is 9.80 Å². The van der Waals surface area contributed by atoms with Gasteiger partial charge >= 0.3 is 6.09 Å². The molecule has 1 amide bonds. The highest BCUT2D eigenvalue weighted by molar-refractivity contribution is 5.89. The van der Waals surface area contributed by atoms with Gasteiger partial charge in [0, 0.05) is 31.9 Å². The fourth-order valence-electron chi connectivity index (χ4n) is 4.24. The molecule has 2 aliphatic heterocycles. The molecule has 1 unspecified atom stereocenters. The average molecular weight is 410 g/mol. The second kappa shape index (κ2) is 9.85. The lowest BCUT2D eigenvalue weighted by atomic mass is 10.1. The highest BCUT2D eigenvalue weighted by Gasteiger charge is 2.32. The van der Waals surface area contributed by atoms with Gasteiger partial charge in [-0.2, -0.15) is 0 Å². The zero-order chi connectivity index (χ0) is 20.8. The Morgan fingerprint density at radius 1 is 1.00 bits per heavy atom. The van der Waals surface area contributed by atoms with Crippen molar-refractivity contribution in [2.75, 3.05) is 55.7 Å². The third kappa shape index (κ3) is 4.87. The molecule has 2 aliphatic rings. The molecule has 2 aromatic rings. The summed E-state index contributed by atoms with van der Waals surface area (Å²) in [6, 6.07) is 18.0. The molecule has 2 aromatic carbocycles. The van der Waals surface area contributed by atoms with Gasteiger partial charge in [0.05, 0.1) is 18.8 Å². The van der Waals surface area contributed by atoms with Crippen molar-refractivity contribution in [2.45, 2.75) is 25.9 Å². The molecule has 6 heteroatoms. The molecule has 6 nitrogen and oxygen atoms in total. The number of amides is 1. The van der Waals surface area contributed by atoms with Crippen LogP contribution in [-0.2, 0) is 4.74 Å². The topological polar surface area (TPSA) is 45.2 Å². The highest BCUT2D eigenvalue weighted by Crippen LogP contribution is 2.29. The van der Waals surface area contributed by atoms with Gasteiger partial charge in [-0.1, -0.05) is 30.3 Å². The number of anilines is 2. The summed E-state index contributed by atoms with van der Waals surface area (Å²) < 4.78 is 11.4. The fraction of sp³-hybridized carbons (Fsp3) is 0.458. The van der Waals surface area contributed by atoms with Crippen molar-refractivity contribution in [3.8, 4) is 5.75 Å². The van der Waals surface area contributed by atoms with Gasteiger partial charge in [-0.15, -0.1) is 0 Å². The Kier molecular flexibility index (Phi) is 6.74. The smallest absolute Gasteiger partial charge is 0.414 e. The average Bonchev–Trinajstić information content (AvgIpc) is 3.16. The summed E-state index contributed by atoms with van der Waals surface area (Å²) in [6.07, 6.45) is 1.70. The van der Waals surface area contributed by atoms with E-state index in [-0.39, 0.29) is 12.2 Å². The highest BCUT2D eigenvalue weighted by atomic mass is 16.6. The maximum Gasteiger partial charge on any atom is 0.414 e. The van der Waals surface area contributed by atoms with Gasteiger partial charge in [0.2, 0.25) is 0 Å². The van der Waals surface area contributed by atoms with Gasteiger partial charge < -0.3 is 14.4 Å². The minimum Gasteiger partial charge on any atom is -0.492 e. The zero-order valence-corrected chi connectivity index (χ0v) is 17.7. The molecule has 0 aliphatic carbocycles.